The van der Waals surface area contributed by atoms with Gasteiger partial charge in [0.2, 0.25) is 0 Å². The Morgan fingerprint density at radius 2 is 2.00 bits per heavy atom. The van der Waals surface area contributed by atoms with Gasteiger partial charge in [0.05, 0.1) is 11.6 Å². The second-order valence-electron chi connectivity index (χ2n) is 4.13. The number of nitriles is 1. The van der Waals surface area contributed by atoms with Crippen LogP contribution in [0.15, 0.2) is 36.4 Å². The fraction of sp³-hybridized carbons (Fsp3) is 0.200. The van der Waals surface area contributed by atoms with Crippen molar-refractivity contribution in [1.82, 2.24) is 0 Å². The summed E-state index contributed by atoms with van der Waals surface area (Å²) in [7, 11) is 0. The minimum Gasteiger partial charge on any atom is -0.300 e. The Balaban J connectivity index is 2.55. The van der Waals surface area contributed by atoms with E-state index >= 15 is 0 Å². The van der Waals surface area contributed by atoms with Crippen LogP contribution in [0.25, 0.3) is 10.8 Å². The highest BCUT2D eigenvalue weighted by molar-refractivity contribution is 5.88. The van der Waals surface area contributed by atoms with Crippen LogP contribution in [0.1, 0.15) is 24.5 Å². The predicted octanol–water partition coefficient (Wildman–Crippen LogP) is 3.23. The SMILES string of the molecule is CC(=O)CCc1c(C#N)ccc2ccccc12. The summed E-state index contributed by atoms with van der Waals surface area (Å²) in [6, 6.07) is 13.9. The van der Waals surface area contributed by atoms with Gasteiger partial charge in [0.1, 0.15) is 5.78 Å². The number of carbonyl (C=O) groups is 1. The van der Waals surface area contributed by atoms with Gasteiger partial charge in [-0.05, 0) is 35.7 Å². The highest BCUT2D eigenvalue weighted by atomic mass is 16.1. The van der Waals surface area contributed by atoms with E-state index in [1.165, 1.54) is 0 Å². The molecule has 0 amide bonds. The van der Waals surface area contributed by atoms with Gasteiger partial charge in [0.15, 0.2) is 0 Å². The van der Waals surface area contributed by atoms with E-state index in [1.807, 2.05) is 36.4 Å². The molecule has 2 rings (SSSR count). The van der Waals surface area contributed by atoms with E-state index in [0.717, 1.165) is 16.3 Å². The molecule has 84 valence electrons. The number of nitrogens with zero attached hydrogens (tertiary/aromatic N) is 1. The van der Waals surface area contributed by atoms with E-state index in [1.54, 1.807) is 6.92 Å². The van der Waals surface area contributed by atoms with Crippen LogP contribution in [0.4, 0.5) is 0 Å². The van der Waals surface area contributed by atoms with Crippen LogP contribution < -0.4 is 0 Å². The van der Waals surface area contributed by atoms with Crippen molar-refractivity contribution in [2.24, 2.45) is 0 Å². The lowest BCUT2D eigenvalue weighted by molar-refractivity contribution is -0.116. The number of fused-ring (bicyclic) bond motifs is 1. The van der Waals surface area contributed by atoms with Crippen LogP contribution in [-0.2, 0) is 11.2 Å². The lowest BCUT2D eigenvalue weighted by Gasteiger charge is -2.07. The monoisotopic (exact) mass is 223 g/mol. The molecule has 2 aromatic rings. The number of Topliss-reactive ketones (excluding diaryl/α,β-unsaturated/α-hetero) is 1. The minimum atomic E-state index is 0.154. The standard InChI is InChI=1S/C15H13NO/c1-11(17)6-9-15-13(10-16)8-7-12-4-2-3-5-14(12)15/h2-5,7-8H,6,9H2,1H3. The molecule has 0 heterocycles. The van der Waals surface area contributed by atoms with Crippen LogP contribution in [0, 0.1) is 11.3 Å². The Kier molecular flexibility index (Phi) is 3.20. The first-order valence-corrected chi connectivity index (χ1v) is 5.62. The number of ketones is 1. The molecule has 0 N–H and O–H groups in total. The van der Waals surface area contributed by atoms with Gasteiger partial charge >= 0.3 is 0 Å². The summed E-state index contributed by atoms with van der Waals surface area (Å²) in [6.07, 6.45) is 1.13. The van der Waals surface area contributed by atoms with Crippen LogP contribution in [0.3, 0.4) is 0 Å². The second-order valence-corrected chi connectivity index (χ2v) is 4.13. The lowest BCUT2D eigenvalue weighted by atomic mass is 9.95. The highest BCUT2D eigenvalue weighted by Gasteiger charge is 2.07. The van der Waals surface area contributed by atoms with E-state index in [4.69, 9.17) is 5.26 Å². The molecule has 0 aromatic heterocycles. The van der Waals surface area contributed by atoms with Crippen LogP contribution in [-0.4, -0.2) is 5.78 Å². The summed E-state index contributed by atoms with van der Waals surface area (Å²) in [5.74, 6) is 0.154. The van der Waals surface area contributed by atoms with Gasteiger partial charge < -0.3 is 4.79 Å². The number of hydrogen-bond donors (Lipinski definition) is 0. The molecule has 2 aromatic carbocycles. The average Bonchev–Trinajstić information content (AvgIpc) is 2.35. The fourth-order valence-electron chi connectivity index (χ4n) is 2.01. The first-order valence-electron chi connectivity index (χ1n) is 5.62. The molecule has 0 fully saturated rings. The van der Waals surface area contributed by atoms with Crippen molar-refractivity contribution in [2.45, 2.75) is 19.8 Å². The second kappa shape index (κ2) is 4.80. The largest absolute Gasteiger partial charge is 0.300 e. The maximum Gasteiger partial charge on any atom is 0.130 e. The molecule has 0 atom stereocenters. The molecule has 2 nitrogen and oxygen atoms in total. The minimum absolute atomic E-state index is 0.154. The fourth-order valence-corrected chi connectivity index (χ4v) is 2.01. The highest BCUT2D eigenvalue weighted by Crippen LogP contribution is 2.23. The number of aryl methyl sites for hydroxylation is 1. The third-order valence-electron chi connectivity index (χ3n) is 2.89. The molecule has 17 heavy (non-hydrogen) atoms. The van der Waals surface area contributed by atoms with E-state index in [9.17, 15) is 4.79 Å². The first-order chi connectivity index (χ1) is 8.22. The Morgan fingerprint density at radius 3 is 2.71 bits per heavy atom. The Bertz CT molecular complexity index is 608. The van der Waals surface area contributed by atoms with Gasteiger partial charge in [-0.25, -0.2) is 0 Å². The summed E-state index contributed by atoms with van der Waals surface area (Å²) < 4.78 is 0. The summed E-state index contributed by atoms with van der Waals surface area (Å²) >= 11 is 0. The number of benzene rings is 2. The lowest BCUT2D eigenvalue weighted by Crippen LogP contribution is -1.97. The zero-order valence-electron chi connectivity index (χ0n) is 9.73. The smallest absolute Gasteiger partial charge is 0.130 e. The number of hydrogen-bond acceptors (Lipinski definition) is 2. The summed E-state index contributed by atoms with van der Waals surface area (Å²) in [6.45, 7) is 1.58. The van der Waals surface area contributed by atoms with Crippen molar-refractivity contribution >= 4 is 16.6 Å². The predicted molar refractivity (Wildman–Crippen MR) is 67.7 cm³/mol. The van der Waals surface area contributed by atoms with Crippen molar-refractivity contribution < 1.29 is 4.79 Å². The number of carbonyl (C=O) groups excluding carboxylic acids is 1. The molecular weight excluding hydrogens is 210 g/mol. The molecule has 0 saturated heterocycles. The molecule has 2 heteroatoms. The van der Waals surface area contributed by atoms with Crippen molar-refractivity contribution in [2.75, 3.05) is 0 Å². The average molecular weight is 223 g/mol. The van der Waals surface area contributed by atoms with E-state index in [0.29, 0.717) is 18.4 Å². The first kappa shape index (κ1) is 11.3. The van der Waals surface area contributed by atoms with E-state index in [-0.39, 0.29) is 5.78 Å². The van der Waals surface area contributed by atoms with Crippen molar-refractivity contribution in [1.29, 1.82) is 5.26 Å². The Labute approximate surface area is 100 Å². The van der Waals surface area contributed by atoms with Gasteiger partial charge in [-0.15, -0.1) is 0 Å². The van der Waals surface area contributed by atoms with Crippen LogP contribution >= 0.6 is 0 Å². The maximum atomic E-state index is 11.1. The van der Waals surface area contributed by atoms with Gasteiger partial charge in [-0.3, -0.25) is 0 Å². The molecule has 0 spiro atoms. The Hall–Kier alpha value is -2.14. The summed E-state index contributed by atoms with van der Waals surface area (Å²) in [5, 5.41) is 11.3. The zero-order chi connectivity index (χ0) is 12.3. The van der Waals surface area contributed by atoms with Crippen molar-refractivity contribution in [3.63, 3.8) is 0 Å². The summed E-state index contributed by atoms with van der Waals surface area (Å²) in [5.41, 5.74) is 1.66. The van der Waals surface area contributed by atoms with Gasteiger partial charge in [-0.2, -0.15) is 5.26 Å². The van der Waals surface area contributed by atoms with Gasteiger partial charge in [0, 0.05) is 6.42 Å². The van der Waals surface area contributed by atoms with Crippen LogP contribution in [0.5, 0.6) is 0 Å². The number of rotatable bonds is 3. The topological polar surface area (TPSA) is 40.9 Å². The quantitative estimate of drug-likeness (QED) is 0.801. The van der Waals surface area contributed by atoms with E-state index < -0.39 is 0 Å². The molecule has 0 bridgehead atoms. The zero-order valence-corrected chi connectivity index (χ0v) is 9.73. The molecule has 0 saturated carbocycles. The van der Waals surface area contributed by atoms with Crippen LogP contribution in [0.2, 0.25) is 0 Å². The third-order valence-corrected chi connectivity index (χ3v) is 2.89. The van der Waals surface area contributed by atoms with Crippen molar-refractivity contribution in [3.05, 3.63) is 47.5 Å². The maximum absolute atomic E-state index is 11.1. The molecule has 0 aliphatic heterocycles. The van der Waals surface area contributed by atoms with Crippen molar-refractivity contribution in [3.8, 4) is 6.07 Å². The molecular formula is C15H13NO. The summed E-state index contributed by atoms with van der Waals surface area (Å²) in [4.78, 5) is 11.1. The third kappa shape index (κ3) is 2.34. The molecule has 0 aliphatic rings. The molecule has 0 unspecified atom stereocenters. The van der Waals surface area contributed by atoms with E-state index in [2.05, 4.69) is 6.07 Å². The molecule has 0 aliphatic carbocycles. The molecule has 0 radical (unpaired) electrons. The van der Waals surface area contributed by atoms with Gasteiger partial charge in [0.25, 0.3) is 0 Å². The normalized spacial score (nSPS) is 10.1. The van der Waals surface area contributed by atoms with Gasteiger partial charge in [-0.1, -0.05) is 30.3 Å². The Morgan fingerprint density at radius 1 is 1.24 bits per heavy atom.